The van der Waals surface area contributed by atoms with Crippen LogP contribution in [0.1, 0.15) is 12.5 Å². The van der Waals surface area contributed by atoms with E-state index in [4.69, 9.17) is 21.6 Å². The number of aliphatic hydroxyl groups excluding tert-OH is 1. The summed E-state index contributed by atoms with van der Waals surface area (Å²) in [6.07, 6.45) is -0.0621. The Morgan fingerprint density at radius 2 is 2.20 bits per heavy atom. The fourth-order valence-corrected chi connectivity index (χ4v) is 4.81. The number of halogens is 2. The summed E-state index contributed by atoms with van der Waals surface area (Å²) < 4.78 is 46.1. The van der Waals surface area contributed by atoms with E-state index in [2.05, 4.69) is 4.98 Å². The molecule has 2 aromatic rings. The van der Waals surface area contributed by atoms with E-state index in [1.54, 1.807) is 6.07 Å². The van der Waals surface area contributed by atoms with Gasteiger partial charge in [0, 0.05) is 31.3 Å². The second-order valence-electron chi connectivity index (χ2n) is 7.04. The number of nitrogens with zero attached hydrogens (tertiary/aromatic N) is 3. The number of rotatable bonds is 6. The molecule has 2 N–H and O–H groups in total. The van der Waals surface area contributed by atoms with Crippen LogP contribution >= 0.6 is 11.6 Å². The second-order valence-corrected chi connectivity index (χ2v) is 9.36. The van der Waals surface area contributed by atoms with Crippen LogP contribution in [0.3, 0.4) is 0 Å². The summed E-state index contributed by atoms with van der Waals surface area (Å²) in [7, 11) is -4.05. The van der Waals surface area contributed by atoms with Gasteiger partial charge in [-0.15, -0.1) is 0 Å². The number of pyridine rings is 1. The first-order valence-electron chi connectivity index (χ1n) is 8.92. The van der Waals surface area contributed by atoms with E-state index in [0.29, 0.717) is 0 Å². The molecular weight excluding hydrogens is 437 g/mol. The molecule has 0 bridgehead atoms. The van der Waals surface area contributed by atoms with Crippen LogP contribution in [0.15, 0.2) is 41.6 Å². The van der Waals surface area contributed by atoms with Gasteiger partial charge in [0.2, 0.25) is 0 Å². The molecular formula is C19H19ClFN3O5S. The largest absolute Gasteiger partial charge is 0.493 e. The van der Waals surface area contributed by atoms with E-state index in [1.807, 2.05) is 0 Å². The number of β-amino-alcohol motifs (C(OH)–C–C–N with tert-alkyl or cyclic N) is 1. The maximum absolute atomic E-state index is 13.8. The lowest BCUT2D eigenvalue weighted by molar-refractivity contribution is -0.0902. The van der Waals surface area contributed by atoms with Gasteiger partial charge in [0.1, 0.15) is 23.2 Å². The van der Waals surface area contributed by atoms with Gasteiger partial charge in [-0.1, -0.05) is 11.6 Å². The Labute approximate surface area is 178 Å². The van der Waals surface area contributed by atoms with Gasteiger partial charge >= 0.3 is 0 Å². The van der Waals surface area contributed by atoms with Gasteiger partial charge in [0.15, 0.2) is 5.03 Å². The summed E-state index contributed by atoms with van der Waals surface area (Å²) >= 11 is 5.76. The third-order valence-electron chi connectivity index (χ3n) is 5.10. The first-order chi connectivity index (χ1) is 14.1. The van der Waals surface area contributed by atoms with Crippen molar-refractivity contribution in [2.24, 2.45) is 5.92 Å². The molecule has 0 unspecified atom stereocenters. The van der Waals surface area contributed by atoms with E-state index < -0.39 is 33.5 Å². The Morgan fingerprint density at radius 3 is 2.77 bits per heavy atom. The Morgan fingerprint density at radius 1 is 1.47 bits per heavy atom. The molecule has 1 aliphatic heterocycles. The van der Waals surface area contributed by atoms with E-state index in [1.165, 1.54) is 37.4 Å². The van der Waals surface area contributed by atoms with Crippen LogP contribution in [0.2, 0.25) is 5.02 Å². The molecule has 3 rings (SSSR count). The minimum absolute atomic E-state index is 0.111. The fraction of sp³-hybridized carbons (Fsp3) is 0.368. The van der Waals surface area contributed by atoms with E-state index >= 15 is 0 Å². The smallest absolute Gasteiger partial charge is 0.260 e. The number of ether oxygens (including phenoxy) is 1. The predicted octanol–water partition coefficient (Wildman–Crippen LogP) is 1.56. The van der Waals surface area contributed by atoms with Crippen LogP contribution in [-0.4, -0.2) is 59.3 Å². The molecule has 1 aromatic heterocycles. The molecule has 3 atom stereocenters. The molecule has 160 valence electrons. The van der Waals surface area contributed by atoms with Crippen molar-refractivity contribution < 1.29 is 27.8 Å². The zero-order chi connectivity index (χ0) is 22.1. The number of aromatic nitrogens is 1. The summed E-state index contributed by atoms with van der Waals surface area (Å²) in [5.41, 5.74) is -1.93. The SMILES string of the molecule is C[C@H](O)[C@]1(O)CN(S(=O)(=O)c2ccc(Cl)cn2)C[C@@H]1COc1ccc(C#N)c(F)c1. The molecule has 0 amide bonds. The van der Waals surface area contributed by atoms with Gasteiger partial charge in [-0.3, -0.25) is 0 Å². The third kappa shape index (κ3) is 4.26. The van der Waals surface area contributed by atoms with Crippen LogP contribution in [0.5, 0.6) is 5.75 Å². The average Bonchev–Trinajstić information content (AvgIpc) is 3.06. The van der Waals surface area contributed by atoms with Gasteiger partial charge in [-0.05, 0) is 31.2 Å². The number of aliphatic hydroxyl groups is 2. The Hall–Kier alpha value is -2.29. The minimum atomic E-state index is -4.05. The summed E-state index contributed by atoms with van der Waals surface area (Å²) in [6.45, 7) is 0.651. The molecule has 1 saturated heterocycles. The van der Waals surface area contributed by atoms with Crippen molar-refractivity contribution in [2.45, 2.75) is 23.7 Å². The zero-order valence-electron chi connectivity index (χ0n) is 15.9. The molecule has 0 aliphatic carbocycles. The van der Waals surface area contributed by atoms with Crippen molar-refractivity contribution in [3.63, 3.8) is 0 Å². The molecule has 1 aliphatic rings. The first kappa shape index (κ1) is 22.4. The quantitative estimate of drug-likeness (QED) is 0.677. The predicted molar refractivity (Wildman–Crippen MR) is 105 cm³/mol. The Kier molecular flexibility index (Phi) is 6.31. The highest BCUT2D eigenvalue weighted by Gasteiger charge is 2.52. The number of hydrogen-bond acceptors (Lipinski definition) is 7. The van der Waals surface area contributed by atoms with Gasteiger partial charge < -0.3 is 14.9 Å². The van der Waals surface area contributed by atoms with Crippen LogP contribution in [0.25, 0.3) is 0 Å². The van der Waals surface area contributed by atoms with Crippen molar-refractivity contribution in [3.05, 3.63) is 52.9 Å². The fourth-order valence-electron chi connectivity index (χ4n) is 3.25. The molecule has 11 heteroatoms. The summed E-state index contributed by atoms with van der Waals surface area (Å²) in [5, 5.41) is 29.9. The highest BCUT2D eigenvalue weighted by atomic mass is 35.5. The third-order valence-corrected chi connectivity index (χ3v) is 7.05. The monoisotopic (exact) mass is 455 g/mol. The summed E-state index contributed by atoms with van der Waals surface area (Å²) in [4.78, 5) is 3.83. The molecule has 2 heterocycles. The van der Waals surface area contributed by atoms with Crippen molar-refractivity contribution in [1.29, 1.82) is 5.26 Å². The lowest BCUT2D eigenvalue weighted by Gasteiger charge is -2.31. The number of nitriles is 1. The Bertz CT molecular complexity index is 1070. The topological polar surface area (TPSA) is 124 Å². The van der Waals surface area contributed by atoms with Crippen molar-refractivity contribution in [3.8, 4) is 11.8 Å². The van der Waals surface area contributed by atoms with E-state index in [0.717, 1.165) is 10.4 Å². The van der Waals surface area contributed by atoms with Crippen LogP contribution in [0, 0.1) is 23.1 Å². The number of sulfonamides is 1. The summed E-state index contributed by atoms with van der Waals surface area (Å²) in [5.74, 6) is -1.45. The highest BCUT2D eigenvalue weighted by molar-refractivity contribution is 7.89. The standard InChI is InChI=1S/C19H19ClFN3O5S/c1-12(25)19(26)11-24(30(27,28)18-5-3-15(20)8-23-18)9-14(19)10-29-16-4-2-13(7-22)17(21)6-16/h2-6,8,12,14,25-26H,9-11H2,1H3/t12-,14+,19+/m0/s1. The normalized spacial score (nSPS) is 23.1. The van der Waals surface area contributed by atoms with Gasteiger partial charge in [0.05, 0.1) is 23.3 Å². The molecule has 1 aromatic carbocycles. The van der Waals surface area contributed by atoms with E-state index in [9.17, 15) is 23.0 Å². The maximum atomic E-state index is 13.8. The van der Waals surface area contributed by atoms with Gasteiger partial charge in [0.25, 0.3) is 10.0 Å². The zero-order valence-corrected chi connectivity index (χ0v) is 17.4. The molecule has 0 saturated carbocycles. The molecule has 0 spiro atoms. The first-order valence-corrected chi connectivity index (χ1v) is 10.7. The van der Waals surface area contributed by atoms with Crippen molar-refractivity contribution in [2.75, 3.05) is 19.7 Å². The van der Waals surface area contributed by atoms with Crippen molar-refractivity contribution in [1.82, 2.24) is 9.29 Å². The number of hydrogen-bond donors (Lipinski definition) is 2. The van der Waals surface area contributed by atoms with Gasteiger partial charge in [-0.2, -0.15) is 9.57 Å². The maximum Gasteiger partial charge on any atom is 0.260 e. The van der Waals surface area contributed by atoms with E-state index in [-0.39, 0.29) is 41.1 Å². The average molecular weight is 456 g/mol. The van der Waals surface area contributed by atoms with Crippen LogP contribution in [-0.2, 0) is 10.0 Å². The lowest BCUT2D eigenvalue weighted by atomic mass is 9.87. The molecule has 30 heavy (non-hydrogen) atoms. The molecule has 0 radical (unpaired) electrons. The Balaban J connectivity index is 1.81. The minimum Gasteiger partial charge on any atom is -0.493 e. The van der Waals surface area contributed by atoms with Crippen molar-refractivity contribution >= 4 is 21.6 Å². The van der Waals surface area contributed by atoms with Crippen LogP contribution in [0.4, 0.5) is 4.39 Å². The second kappa shape index (κ2) is 8.45. The molecule has 1 fully saturated rings. The van der Waals surface area contributed by atoms with Crippen LogP contribution < -0.4 is 4.74 Å². The number of benzene rings is 1. The lowest BCUT2D eigenvalue weighted by Crippen LogP contribution is -2.50. The molecule has 8 nitrogen and oxygen atoms in total. The summed E-state index contributed by atoms with van der Waals surface area (Å²) in [6, 6.07) is 8.01. The van der Waals surface area contributed by atoms with Gasteiger partial charge in [-0.25, -0.2) is 17.8 Å². The highest BCUT2D eigenvalue weighted by Crippen LogP contribution is 2.35.